The Morgan fingerprint density at radius 2 is 2.00 bits per heavy atom. The van der Waals surface area contributed by atoms with Gasteiger partial charge in [-0.15, -0.1) is 0 Å². The molecule has 0 unspecified atom stereocenters. The maximum absolute atomic E-state index is 11.8. The molecule has 0 fully saturated rings. The molecule has 0 bridgehead atoms. The van der Waals surface area contributed by atoms with Crippen LogP contribution in [-0.4, -0.2) is 45.8 Å². The standard InChI is InChI=1S/C21H29N3O2/c1-13(2)10-16-6-7-19-17(11-16)20(21(26)24(19)14(3)4)18-12-23(15(5)25)9-8-22-18/h6-7,11,13-14,26H,8-10,12H2,1-5H3. The Labute approximate surface area is 155 Å². The van der Waals surface area contributed by atoms with Gasteiger partial charge in [0.05, 0.1) is 29.9 Å². The van der Waals surface area contributed by atoms with Crippen molar-refractivity contribution in [3.8, 4) is 5.88 Å². The van der Waals surface area contributed by atoms with Crippen molar-refractivity contribution in [2.75, 3.05) is 19.6 Å². The Morgan fingerprint density at radius 3 is 2.62 bits per heavy atom. The van der Waals surface area contributed by atoms with E-state index in [0.717, 1.165) is 28.6 Å². The Kier molecular flexibility index (Phi) is 5.08. The van der Waals surface area contributed by atoms with Crippen LogP contribution in [0, 0.1) is 5.92 Å². The first kappa shape index (κ1) is 18.5. The third-order valence-corrected chi connectivity index (χ3v) is 4.95. The lowest BCUT2D eigenvalue weighted by molar-refractivity contribution is -0.128. The average Bonchev–Trinajstić information content (AvgIpc) is 2.85. The van der Waals surface area contributed by atoms with Crippen molar-refractivity contribution in [1.82, 2.24) is 9.47 Å². The van der Waals surface area contributed by atoms with E-state index in [1.165, 1.54) is 5.56 Å². The SMILES string of the molecule is CC(=O)N1CCN=C(c2c(O)n(C(C)C)c3ccc(CC(C)C)cc23)C1. The quantitative estimate of drug-likeness (QED) is 0.907. The van der Waals surface area contributed by atoms with E-state index in [1.807, 2.05) is 4.57 Å². The zero-order chi connectivity index (χ0) is 19.0. The van der Waals surface area contributed by atoms with Crippen molar-refractivity contribution in [2.45, 2.75) is 47.1 Å². The Bertz CT molecular complexity index is 862. The van der Waals surface area contributed by atoms with Crippen LogP contribution >= 0.6 is 0 Å². The van der Waals surface area contributed by atoms with Gasteiger partial charge in [-0.05, 0) is 43.9 Å². The van der Waals surface area contributed by atoms with Crippen LogP contribution in [0.1, 0.15) is 51.8 Å². The molecular weight excluding hydrogens is 326 g/mol. The molecule has 3 rings (SSSR count). The molecule has 1 amide bonds. The zero-order valence-corrected chi connectivity index (χ0v) is 16.4. The summed E-state index contributed by atoms with van der Waals surface area (Å²) in [6, 6.07) is 6.56. The number of carbonyl (C=O) groups excluding carboxylic acids is 1. The lowest BCUT2D eigenvalue weighted by atomic mass is 9.99. The molecule has 0 saturated carbocycles. The van der Waals surface area contributed by atoms with E-state index in [9.17, 15) is 9.90 Å². The molecule has 1 N–H and O–H groups in total. The molecule has 0 saturated heterocycles. The third-order valence-electron chi connectivity index (χ3n) is 4.95. The van der Waals surface area contributed by atoms with Crippen LogP contribution in [0.3, 0.4) is 0 Å². The van der Waals surface area contributed by atoms with Crippen LogP contribution in [0.4, 0.5) is 0 Å². The number of rotatable bonds is 4. The topological polar surface area (TPSA) is 57.8 Å². The summed E-state index contributed by atoms with van der Waals surface area (Å²) in [6.45, 7) is 11.8. The van der Waals surface area contributed by atoms with E-state index in [4.69, 9.17) is 0 Å². The zero-order valence-electron chi connectivity index (χ0n) is 16.4. The molecule has 0 atom stereocenters. The van der Waals surface area contributed by atoms with Crippen molar-refractivity contribution in [3.05, 3.63) is 29.3 Å². The summed E-state index contributed by atoms with van der Waals surface area (Å²) >= 11 is 0. The highest BCUT2D eigenvalue weighted by Crippen LogP contribution is 2.36. The Balaban J connectivity index is 2.18. The Hall–Kier alpha value is -2.30. The van der Waals surface area contributed by atoms with Crippen molar-refractivity contribution in [2.24, 2.45) is 10.9 Å². The van der Waals surface area contributed by atoms with Gasteiger partial charge in [0.2, 0.25) is 11.8 Å². The van der Waals surface area contributed by atoms with Crippen LogP contribution in [-0.2, 0) is 11.2 Å². The molecule has 0 spiro atoms. The fourth-order valence-electron chi connectivity index (χ4n) is 3.80. The highest BCUT2D eigenvalue weighted by atomic mass is 16.3. The van der Waals surface area contributed by atoms with Gasteiger partial charge in [-0.2, -0.15) is 0 Å². The van der Waals surface area contributed by atoms with Gasteiger partial charge in [0.15, 0.2) is 0 Å². The van der Waals surface area contributed by atoms with Gasteiger partial charge in [0.25, 0.3) is 0 Å². The number of aromatic hydroxyl groups is 1. The van der Waals surface area contributed by atoms with Crippen LogP contribution in [0.5, 0.6) is 5.88 Å². The number of benzene rings is 1. The van der Waals surface area contributed by atoms with Crippen LogP contribution in [0.2, 0.25) is 0 Å². The van der Waals surface area contributed by atoms with Crippen molar-refractivity contribution in [3.63, 3.8) is 0 Å². The minimum atomic E-state index is 0.0463. The third kappa shape index (κ3) is 3.35. The first-order valence-corrected chi connectivity index (χ1v) is 9.44. The maximum atomic E-state index is 11.8. The normalized spacial score (nSPS) is 15.2. The number of carbonyl (C=O) groups is 1. The lowest BCUT2D eigenvalue weighted by Crippen LogP contribution is -2.39. The summed E-state index contributed by atoms with van der Waals surface area (Å²) < 4.78 is 1.96. The molecule has 140 valence electrons. The lowest BCUT2D eigenvalue weighted by Gasteiger charge is -2.25. The highest BCUT2D eigenvalue weighted by molar-refractivity contribution is 6.15. The minimum Gasteiger partial charge on any atom is -0.494 e. The predicted molar refractivity (Wildman–Crippen MR) is 106 cm³/mol. The summed E-state index contributed by atoms with van der Waals surface area (Å²) in [5.74, 6) is 0.864. The number of hydrogen-bond acceptors (Lipinski definition) is 3. The van der Waals surface area contributed by atoms with Gasteiger partial charge < -0.3 is 14.6 Å². The summed E-state index contributed by atoms with van der Waals surface area (Å²) in [4.78, 5) is 18.3. The summed E-state index contributed by atoms with van der Waals surface area (Å²) in [5.41, 5.74) is 3.86. The largest absolute Gasteiger partial charge is 0.494 e. The first-order valence-electron chi connectivity index (χ1n) is 9.44. The molecule has 2 heterocycles. The summed E-state index contributed by atoms with van der Waals surface area (Å²) in [5, 5.41) is 12.0. The molecule has 26 heavy (non-hydrogen) atoms. The fourth-order valence-corrected chi connectivity index (χ4v) is 3.80. The van der Waals surface area contributed by atoms with Gasteiger partial charge in [-0.1, -0.05) is 19.9 Å². The molecule has 1 aromatic carbocycles. The Morgan fingerprint density at radius 1 is 1.27 bits per heavy atom. The van der Waals surface area contributed by atoms with Gasteiger partial charge in [-0.25, -0.2) is 0 Å². The van der Waals surface area contributed by atoms with Crippen molar-refractivity contribution < 1.29 is 9.90 Å². The molecule has 1 aromatic heterocycles. The average molecular weight is 355 g/mol. The number of amides is 1. The van der Waals surface area contributed by atoms with Gasteiger partial charge in [0, 0.05) is 24.9 Å². The van der Waals surface area contributed by atoms with Crippen LogP contribution in [0.25, 0.3) is 10.9 Å². The first-order chi connectivity index (χ1) is 12.3. The van der Waals surface area contributed by atoms with E-state index in [2.05, 4.69) is 50.9 Å². The second-order valence-electron chi connectivity index (χ2n) is 7.88. The molecule has 0 radical (unpaired) electrons. The molecular formula is C21H29N3O2. The van der Waals surface area contributed by atoms with Crippen molar-refractivity contribution in [1.29, 1.82) is 0 Å². The number of aromatic nitrogens is 1. The highest BCUT2D eigenvalue weighted by Gasteiger charge is 2.26. The fraction of sp³-hybridized carbons (Fsp3) is 0.524. The van der Waals surface area contributed by atoms with E-state index in [-0.39, 0.29) is 17.8 Å². The van der Waals surface area contributed by atoms with Crippen molar-refractivity contribution >= 4 is 22.5 Å². The minimum absolute atomic E-state index is 0.0463. The van der Waals surface area contributed by atoms with Gasteiger partial charge >= 0.3 is 0 Å². The summed E-state index contributed by atoms with van der Waals surface area (Å²) in [6.07, 6.45) is 0.995. The van der Waals surface area contributed by atoms with Crippen LogP contribution < -0.4 is 0 Å². The summed E-state index contributed by atoms with van der Waals surface area (Å²) in [7, 11) is 0. The number of aliphatic imine (C=N–C) groups is 1. The van der Waals surface area contributed by atoms with Crippen LogP contribution in [0.15, 0.2) is 23.2 Å². The van der Waals surface area contributed by atoms with E-state index in [0.29, 0.717) is 25.6 Å². The molecule has 2 aromatic rings. The van der Waals surface area contributed by atoms with Gasteiger partial charge in [0.1, 0.15) is 0 Å². The maximum Gasteiger partial charge on any atom is 0.219 e. The van der Waals surface area contributed by atoms with E-state index < -0.39 is 0 Å². The van der Waals surface area contributed by atoms with Gasteiger partial charge in [-0.3, -0.25) is 9.79 Å². The smallest absolute Gasteiger partial charge is 0.219 e. The molecule has 1 aliphatic rings. The number of hydrogen-bond donors (Lipinski definition) is 1. The predicted octanol–water partition coefficient (Wildman–Crippen LogP) is 3.78. The molecule has 5 heteroatoms. The second-order valence-corrected chi connectivity index (χ2v) is 7.88. The second kappa shape index (κ2) is 7.14. The van der Waals surface area contributed by atoms with E-state index >= 15 is 0 Å². The van der Waals surface area contributed by atoms with E-state index in [1.54, 1.807) is 11.8 Å². The molecule has 1 aliphatic heterocycles. The number of fused-ring (bicyclic) bond motifs is 1. The number of nitrogens with zero attached hydrogens (tertiary/aromatic N) is 3. The molecule has 0 aliphatic carbocycles. The molecule has 5 nitrogen and oxygen atoms in total. The monoisotopic (exact) mass is 355 g/mol.